The number of nitrogens with one attached hydrogen (secondary N) is 1. The third-order valence-electron chi connectivity index (χ3n) is 4.15. The summed E-state index contributed by atoms with van der Waals surface area (Å²) >= 11 is 0. The van der Waals surface area contributed by atoms with Crippen LogP contribution in [0.25, 0.3) is 0 Å². The Morgan fingerprint density at radius 3 is 2.46 bits per heavy atom. The molecule has 1 aliphatic heterocycles. The van der Waals surface area contributed by atoms with Crippen molar-refractivity contribution in [3.63, 3.8) is 0 Å². The number of hydrogen-bond donors (Lipinski definition) is 1. The average molecular weight is 327 g/mol. The van der Waals surface area contributed by atoms with Gasteiger partial charge in [0, 0.05) is 57.3 Å². The van der Waals surface area contributed by atoms with Crippen LogP contribution in [0.2, 0.25) is 0 Å². The van der Waals surface area contributed by atoms with Gasteiger partial charge in [0.25, 0.3) is 0 Å². The molecule has 2 heterocycles. The molecule has 0 spiro atoms. The van der Waals surface area contributed by atoms with Crippen LogP contribution in [0.4, 0.5) is 17.5 Å². The van der Waals surface area contributed by atoms with E-state index >= 15 is 0 Å². The van der Waals surface area contributed by atoms with Crippen molar-refractivity contribution in [2.24, 2.45) is 0 Å². The van der Waals surface area contributed by atoms with Gasteiger partial charge in [-0.25, -0.2) is 4.98 Å². The van der Waals surface area contributed by atoms with Gasteiger partial charge in [0.15, 0.2) is 0 Å². The predicted molar refractivity (Wildman–Crippen MR) is 98.0 cm³/mol. The van der Waals surface area contributed by atoms with Crippen molar-refractivity contribution in [2.45, 2.75) is 6.92 Å². The zero-order valence-corrected chi connectivity index (χ0v) is 14.4. The van der Waals surface area contributed by atoms with Gasteiger partial charge in [-0.3, -0.25) is 0 Å². The molecule has 2 aromatic rings. The number of aryl methyl sites for hydroxylation is 1. The van der Waals surface area contributed by atoms with Gasteiger partial charge in [0.1, 0.15) is 5.82 Å². The molecule has 1 saturated heterocycles. The predicted octanol–water partition coefficient (Wildman–Crippen LogP) is 2.17. The van der Waals surface area contributed by atoms with E-state index in [0.717, 1.165) is 37.7 Å². The second-order valence-electron chi connectivity index (χ2n) is 5.92. The van der Waals surface area contributed by atoms with Crippen LogP contribution in [0, 0.1) is 6.92 Å². The van der Waals surface area contributed by atoms with Crippen LogP contribution in [0.15, 0.2) is 36.4 Å². The maximum absolute atomic E-state index is 5.06. The van der Waals surface area contributed by atoms with Crippen molar-refractivity contribution < 1.29 is 4.74 Å². The number of benzene rings is 1. The van der Waals surface area contributed by atoms with Gasteiger partial charge in [-0.1, -0.05) is 18.2 Å². The fourth-order valence-electron chi connectivity index (χ4n) is 2.89. The third kappa shape index (κ3) is 4.14. The molecule has 1 fully saturated rings. The van der Waals surface area contributed by atoms with E-state index in [-0.39, 0.29) is 0 Å². The number of methoxy groups -OCH3 is 1. The van der Waals surface area contributed by atoms with Crippen molar-refractivity contribution in [2.75, 3.05) is 61.6 Å². The fourth-order valence-corrected chi connectivity index (χ4v) is 2.89. The first-order chi connectivity index (χ1) is 11.8. The first kappa shape index (κ1) is 16.5. The van der Waals surface area contributed by atoms with Crippen molar-refractivity contribution in [3.05, 3.63) is 42.1 Å². The van der Waals surface area contributed by atoms with E-state index in [9.17, 15) is 0 Å². The first-order valence-corrected chi connectivity index (χ1v) is 8.40. The van der Waals surface area contributed by atoms with Gasteiger partial charge in [-0.15, -0.1) is 0 Å². The van der Waals surface area contributed by atoms with Gasteiger partial charge >= 0.3 is 0 Å². The van der Waals surface area contributed by atoms with Crippen molar-refractivity contribution >= 4 is 17.5 Å². The van der Waals surface area contributed by atoms with Crippen LogP contribution in [-0.4, -0.2) is 56.4 Å². The van der Waals surface area contributed by atoms with Gasteiger partial charge in [0.05, 0.1) is 6.61 Å². The SMILES string of the molecule is COCCNc1nc(C)cc(N2CCN(c3ccccc3)CC2)n1. The summed E-state index contributed by atoms with van der Waals surface area (Å²) in [5.74, 6) is 1.67. The minimum atomic E-state index is 0.641. The van der Waals surface area contributed by atoms with Gasteiger partial charge in [0.2, 0.25) is 5.95 Å². The van der Waals surface area contributed by atoms with E-state index in [1.807, 2.05) is 6.92 Å². The summed E-state index contributed by atoms with van der Waals surface area (Å²) < 4.78 is 5.06. The maximum Gasteiger partial charge on any atom is 0.224 e. The zero-order valence-electron chi connectivity index (χ0n) is 14.4. The number of hydrogen-bond acceptors (Lipinski definition) is 6. The molecule has 1 N–H and O–H groups in total. The number of rotatable bonds is 6. The Bertz CT molecular complexity index is 641. The Morgan fingerprint density at radius 1 is 1.04 bits per heavy atom. The third-order valence-corrected chi connectivity index (χ3v) is 4.15. The molecular weight excluding hydrogens is 302 g/mol. The molecule has 0 atom stereocenters. The van der Waals surface area contributed by atoms with Crippen molar-refractivity contribution in [3.8, 4) is 0 Å². The van der Waals surface area contributed by atoms with Gasteiger partial charge < -0.3 is 19.9 Å². The number of ether oxygens (including phenoxy) is 1. The van der Waals surface area contributed by atoms with Crippen LogP contribution < -0.4 is 15.1 Å². The number of aromatic nitrogens is 2. The standard InChI is InChI=1S/C18H25N5O/c1-15-14-17(21-18(20-15)19-8-13-24-2)23-11-9-22(10-12-23)16-6-4-3-5-7-16/h3-7,14H,8-13H2,1-2H3,(H,19,20,21). The second kappa shape index (κ2) is 7.97. The maximum atomic E-state index is 5.06. The molecule has 0 aliphatic carbocycles. The number of anilines is 3. The molecule has 0 radical (unpaired) electrons. The summed E-state index contributed by atoms with van der Waals surface area (Å²) in [7, 11) is 1.69. The molecular formula is C18H25N5O. The van der Waals surface area contributed by atoms with Gasteiger partial charge in [-0.05, 0) is 19.1 Å². The summed E-state index contributed by atoms with van der Waals surface area (Å²) in [6.45, 7) is 7.28. The molecule has 1 aliphatic rings. The summed E-state index contributed by atoms with van der Waals surface area (Å²) in [5, 5.41) is 3.22. The highest BCUT2D eigenvalue weighted by molar-refractivity contribution is 5.50. The van der Waals surface area contributed by atoms with Crippen molar-refractivity contribution in [1.82, 2.24) is 9.97 Å². The number of nitrogens with zero attached hydrogens (tertiary/aromatic N) is 4. The van der Waals surface area contributed by atoms with E-state index in [1.165, 1.54) is 5.69 Å². The molecule has 1 aromatic carbocycles. The molecule has 0 saturated carbocycles. The minimum absolute atomic E-state index is 0.641. The molecule has 24 heavy (non-hydrogen) atoms. The Balaban J connectivity index is 1.63. The smallest absolute Gasteiger partial charge is 0.224 e. The lowest BCUT2D eigenvalue weighted by molar-refractivity contribution is 0.210. The second-order valence-corrected chi connectivity index (χ2v) is 5.92. The van der Waals surface area contributed by atoms with E-state index in [2.05, 4.69) is 61.5 Å². The number of piperazine rings is 1. The molecule has 128 valence electrons. The molecule has 6 nitrogen and oxygen atoms in total. The normalized spacial score (nSPS) is 14.8. The van der Waals surface area contributed by atoms with Crippen LogP contribution >= 0.6 is 0 Å². The molecule has 1 aromatic heterocycles. The fraction of sp³-hybridized carbons (Fsp3) is 0.444. The highest BCUT2D eigenvalue weighted by Gasteiger charge is 2.19. The Labute approximate surface area is 143 Å². The van der Waals surface area contributed by atoms with Crippen LogP contribution in [0.3, 0.4) is 0 Å². The molecule has 0 bridgehead atoms. The summed E-state index contributed by atoms with van der Waals surface area (Å²) in [4.78, 5) is 13.9. The summed E-state index contributed by atoms with van der Waals surface area (Å²) in [6.07, 6.45) is 0. The van der Waals surface area contributed by atoms with E-state index < -0.39 is 0 Å². The van der Waals surface area contributed by atoms with E-state index in [4.69, 9.17) is 4.74 Å². The zero-order chi connectivity index (χ0) is 16.8. The lowest BCUT2D eigenvalue weighted by atomic mass is 10.2. The molecule has 0 unspecified atom stereocenters. The van der Waals surface area contributed by atoms with E-state index in [1.54, 1.807) is 7.11 Å². The monoisotopic (exact) mass is 327 g/mol. The Morgan fingerprint density at radius 2 is 1.75 bits per heavy atom. The van der Waals surface area contributed by atoms with E-state index in [0.29, 0.717) is 19.1 Å². The quantitative estimate of drug-likeness (QED) is 0.821. The summed E-state index contributed by atoms with van der Waals surface area (Å²) in [6, 6.07) is 12.6. The minimum Gasteiger partial charge on any atom is -0.383 e. The van der Waals surface area contributed by atoms with Crippen LogP contribution in [-0.2, 0) is 4.74 Å². The lowest BCUT2D eigenvalue weighted by Crippen LogP contribution is -2.46. The van der Waals surface area contributed by atoms with Crippen LogP contribution in [0.5, 0.6) is 0 Å². The Hall–Kier alpha value is -2.34. The number of para-hydroxylation sites is 1. The Kier molecular flexibility index (Phi) is 5.48. The summed E-state index contributed by atoms with van der Waals surface area (Å²) in [5.41, 5.74) is 2.27. The molecule has 0 amide bonds. The first-order valence-electron chi connectivity index (χ1n) is 8.40. The average Bonchev–Trinajstić information content (AvgIpc) is 2.62. The molecule has 3 rings (SSSR count). The molecule has 6 heteroatoms. The topological polar surface area (TPSA) is 53.5 Å². The highest BCUT2D eigenvalue weighted by Crippen LogP contribution is 2.20. The van der Waals surface area contributed by atoms with Gasteiger partial charge in [-0.2, -0.15) is 4.98 Å². The van der Waals surface area contributed by atoms with Crippen molar-refractivity contribution in [1.29, 1.82) is 0 Å². The largest absolute Gasteiger partial charge is 0.383 e. The highest BCUT2D eigenvalue weighted by atomic mass is 16.5. The lowest BCUT2D eigenvalue weighted by Gasteiger charge is -2.36. The van der Waals surface area contributed by atoms with Crippen LogP contribution in [0.1, 0.15) is 5.69 Å².